The molecule has 0 aromatic carbocycles. The predicted octanol–water partition coefficient (Wildman–Crippen LogP) is 1.05. The van der Waals surface area contributed by atoms with E-state index in [1.54, 1.807) is 6.20 Å². The van der Waals surface area contributed by atoms with Gasteiger partial charge in [-0.05, 0) is 20.3 Å². The second-order valence-electron chi connectivity index (χ2n) is 4.66. The van der Waals surface area contributed by atoms with Crippen molar-refractivity contribution in [2.24, 2.45) is 12.8 Å². The number of aromatic nitrogens is 2. The molecule has 1 aromatic heterocycles. The third-order valence-corrected chi connectivity index (χ3v) is 2.32. The van der Waals surface area contributed by atoms with E-state index in [1.807, 2.05) is 31.7 Å². The highest BCUT2D eigenvalue weighted by molar-refractivity contribution is 5.80. The van der Waals surface area contributed by atoms with E-state index in [4.69, 9.17) is 5.73 Å². The van der Waals surface area contributed by atoms with Crippen molar-refractivity contribution in [2.45, 2.75) is 38.6 Å². The van der Waals surface area contributed by atoms with Crippen molar-refractivity contribution >= 4 is 5.78 Å². The molecule has 0 aliphatic heterocycles. The normalized spacial score (nSPS) is 11.7. The molecule has 0 amide bonds. The van der Waals surface area contributed by atoms with Gasteiger partial charge in [-0.25, -0.2) is 4.98 Å². The van der Waals surface area contributed by atoms with Crippen molar-refractivity contribution in [1.82, 2.24) is 9.55 Å². The number of ketones is 1. The van der Waals surface area contributed by atoms with Gasteiger partial charge in [-0.15, -0.1) is 0 Å². The number of carbonyl (C=O) groups excluding carboxylic acids is 1. The number of Topliss-reactive ketones (excluding diaryl/α,β-unsaturated/α-hetero) is 1. The summed E-state index contributed by atoms with van der Waals surface area (Å²) in [6.07, 6.45) is 5.19. The van der Waals surface area contributed by atoms with Gasteiger partial charge in [0.15, 0.2) is 0 Å². The van der Waals surface area contributed by atoms with Crippen LogP contribution >= 0.6 is 0 Å². The Morgan fingerprint density at radius 3 is 2.73 bits per heavy atom. The standard InChI is InChI=1S/C11H19N3O/c1-11(2,12)5-4-9(15)8-10-13-6-7-14(10)3/h6-7H,4-5,8,12H2,1-3H3. The van der Waals surface area contributed by atoms with Crippen LogP contribution in [-0.2, 0) is 18.3 Å². The number of hydrogen-bond donors (Lipinski definition) is 1. The van der Waals surface area contributed by atoms with Gasteiger partial charge in [-0.2, -0.15) is 0 Å². The van der Waals surface area contributed by atoms with Gasteiger partial charge in [0.1, 0.15) is 11.6 Å². The molecule has 1 heterocycles. The summed E-state index contributed by atoms with van der Waals surface area (Å²) < 4.78 is 1.87. The molecule has 84 valence electrons. The fraction of sp³-hybridized carbons (Fsp3) is 0.636. The summed E-state index contributed by atoms with van der Waals surface area (Å²) in [5.41, 5.74) is 5.55. The summed E-state index contributed by atoms with van der Waals surface area (Å²) in [5, 5.41) is 0. The Labute approximate surface area is 90.5 Å². The molecular weight excluding hydrogens is 190 g/mol. The van der Waals surface area contributed by atoms with E-state index in [0.29, 0.717) is 12.8 Å². The van der Waals surface area contributed by atoms with Gasteiger partial charge in [0.05, 0.1) is 6.42 Å². The smallest absolute Gasteiger partial charge is 0.140 e. The predicted molar refractivity (Wildman–Crippen MR) is 59.4 cm³/mol. The minimum Gasteiger partial charge on any atom is -0.338 e. The van der Waals surface area contributed by atoms with Crippen molar-refractivity contribution in [2.75, 3.05) is 0 Å². The first kappa shape index (κ1) is 11.9. The van der Waals surface area contributed by atoms with Crippen LogP contribution in [0.3, 0.4) is 0 Å². The molecule has 4 heteroatoms. The maximum absolute atomic E-state index is 11.6. The highest BCUT2D eigenvalue weighted by atomic mass is 16.1. The van der Waals surface area contributed by atoms with E-state index in [9.17, 15) is 4.79 Å². The molecule has 0 saturated carbocycles. The van der Waals surface area contributed by atoms with Crippen molar-refractivity contribution < 1.29 is 4.79 Å². The summed E-state index contributed by atoms with van der Waals surface area (Å²) in [6.45, 7) is 3.86. The summed E-state index contributed by atoms with van der Waals surface area (Å²) in [7, 11) is 1.89. The van der Waals surface area contributed by atoms with Crippen molar-refractivity contribution in [3.05, 3.63) is 18.2 Å². The van der Waals surface area contributed by atoms with Crippen LogP contribution in [0, 0.1) is 0 Å². The Morgan fingerprint density at radius 2 is 2.27 bits per heavy atom. The number of hydrogen-bond acceptors (Lipinski definition) is 3. The lowest BCUT2D eigenvalue weighted by Crippen LogP contribution is -2.32. The Hall–Kier alpha value is -1.16. The molecule has 0 saturated heterocycles. The van der Waals surface area contributed by atoms with E-state index in [1.165, 1.54) is 0 Å². The van der Waals surface area contributed by atoms with E-state index in [0.717, 1.165) is 12.2 Å². The minimum absolute atomic E-state index is 0.197. The SMILES string of the molecule is Cn1ccnc1CC(=O)CCC(C)(C)N. The highest BCUT2D eigenvalue weighted by Gasteiger charge is 2.14. The Bertz CT molecular complexity index is 336. The first-order valence-electron chi connectivity index (χ1n) is 5.15. The van der Waals surface area contributed by atoms with Gasteiger partial charge in [-0.3, -0.25) is 4.79 Å². The summed E-state index contributed by atoms with van der Waals surface area (Å²) in [6, 6.07) is 0. The van der Waals surface area contributed by atoms with Gasteiger partial charge in [0, 0.05) is 31.4 Å². The molecule has 1 rings (SSSR count). The van der Waals surface area contributed by atoms with Gasteiger partial charge in [0.25, 0.3) is 0 Å². The van der Waals surface area contributed by atoms with Crippen LogP contribution < -0.4 is 5.73 Å². The van der Waals surface area contributed by atoms with Crippen molar-refractivity contribution in [1.29, 1.82) is 0 Å². The third-order valence-electron chi connectivity index (χ3n) is 2.32. The number of aryl methyl sites for hydroxylation is 1. The monoisotopic (exact) mass is 209 g/mol. The maximum Gasteiger partial charge on any atom is 0.140 e. The van der Waals surface area contributed by atoms with Crippen LogP contribution in [0.15, 0.2) is 12.4 Å². The van der Waals surface area contributed by atoms with Crippen LogP contribution in [0.5, 0.6) is 0 Å². The molecule has 0 atom stereocenters. The molecule has 2 N–H and O–H groups in total. The molecule has 0 fully saturated rings. The van der Waals surface area contributed by atoms with Gasteiger partial charge < -0.3 is 10.3 Å². The van der Waals surface area contributed by atoms with E-state index >= 15 is 0 Å². The lowest BCUT2D eigenvalue weighted by Gasteiger charge is -2.17. The minimum atomic E-state index is -0.267. The van der Waals surface area contributed by atoms with E-state index < -0.39 is 0 Å². The van der Waals surface area contributed by atoms with Gasteiger partial charge in [0.2, 0.25) is 0 Å². The highest BCUT2D eigenvalue weighted by Crippen LogP contribution is 2.09. The Kier molecular flexibility index (Phi) is 3.63. The molecular formula is C11H19N3O. The van der Waals surface area contributed by atoms with Gasteiger partial charge >= 0.3 is 0 Å². The zero-order valence-corrected chi connectivity index (χ0v) is 9.66. The molecule has 15 heavy (non-hydrogen) atoms. The number of carbonyl (C=O) groups is 1. The Balaban J connectivity index is 2.41. The van der Waals surface area contributed by atoms with E-state index in [-0.39, 0.29) is 11.3 Å². The van der Waals surface area contributed by atoms with Crippen LogP contribution in [0.1, 0.15) is 32.5 Å². The lowest BCUT2D eigenvalue weighted by atomic mass is 9.97. The second-order valence-corrected chi connectivity index (χ2v) is 4.66. The van der Waals surface area contributed by atoms with Crippen LogP contribution in [-0.4, -0.2) is 20.9 Å². The van der Waals surface area contributed by atoms with E-state index in [2.05, 4.69) is 4.98 Å². The third kappa shape index (κ3) is 4.25. The fourth-order valence-electron chi connectivity index (χ4n) is 1.29. The first-order chi connectivity index (χ1) is 6.88. The number of rotatable bonds is 5. The van der Waals surface area contributed by atoms with Gasteiger partial charge in [-0.1, -0.05) is 0 Å². The second kappa shape index (κ2) is 4.57. The number of nitrogens with zero attached hydrogens (tertiary/aromatic N) is 2. The zero-order chi connectivity index (χ0) is 11.5. The molecule has 0 bridgehead atoms. The summed E-state index contributed by atoms with van der Waals surface area (Å²) in [4.78, 5) is 15.7. The Morgan fingerprint density at radius 1 is 1.60 bits per heavy atom. The average Bonchev–Trinajstić information content (AvgIpc) is 2.47. The van der Waals surface area contributed by atoms with Crippen LogP contribution in [0.25, 0.3) is 0 Å². The summed E-state index contributed by atoms with van der Waals surface area (Å²) >= 11 is 0. The summed E-state index contributed by atoms with van der Waals surface area (Å²) in [5.74, 6) is 1.01. The molecule has 0 radical (unpaired) electrons. The fourth-order valence-corrected chi connectivity index (χ4v) is 1.29. The van der Waals surface area contributed by atoms with Crippen molar-refractivity contribution in [3.8, 4) is 0 Å². The molecule has 0 spiro atoms. The van der Waals surface area contributed by atoms with Crippen molar-refractivity contribution in [3.63, 3.8) is 0 Å². The number of imidazole rings is 1. The molecule has 1 aromatic rings. The average molecular weight is 209 g/mol. The molecule has 0 aliphatic rings. The molecule has 0 unspecified atom stereocenters. The lowest BCUT2D eigenvalue weighted by molar-refractivity contribution is -0.118. The first-order valence-corrected chi connectivity index (χ1v) is 5.15. The quantitative estimate of drug-likeness (QED) is 0.788. The maximum atomic E-state index is 11.6. The topological polar surface area (TPSA) is 60.9 Å². The van der Waals surface area contributed by atoms with Crippen LogP contribution in [0.4, 0.5) is 0 Å². The number of nitrogens with two attached hydrogens (primary N) is 1. The largest absolute Gasteiger partial charge is 0.338 e. The molecule has 4 nitrogen and oxygen atoms in total. The molecule has 0 aliphatic carbocycles. The van der Waals surface area contributed by atoms with Crippen LogP contribution in [0.2, 0.25) is 0 Å². The zero-order valence-electron chi connectivity index (χ0n) is 9.66.